The second kappa shape index (κ2) is 6.51. The predicted molar refractivity (Wildman–Crippen MR) is 87.2 cm³/mol. The molecule has 0 saturated carbocycles. The van der Waals surface area contributed by atoms with Crippen LogP contribution in [0.2, 0.25) is 0 Å². The third-order valence-corrected chi connectivity index (χ3v) is 3.19. The van der Waals surface area contributed by atoms with Gasteiger partial charge in [0.1, 0.15) is 17.0 Å². The van der Waals surface area contributed by atoms with E-state index < -0.39 is 23.4 Å². The third kappa shape index (κ3) is 4.47. The SMILES string of the molecule is CC(Cc1cc(F)cc2cc(C(N)=O)oc12)NC(=O)OC(C)(C)C. The molecule has 24 heavy (non-hydrogen) atoms. The number of carbonyl (C=O) groups is 2. The summed E-state index contributed by atoms with van der Waals surface area (Å²) in [5.74, 6) is -1.22. The summed E-state index contributed by atoms with van der Waals surface area (Å²) in [6.45, 7) is 7.06. The number of hydrogen-bond acceptors (Lipinski definition) is 4. The highest BCUT2D eigenvalue weighted by Crippen LogP contribution is 2.25. The summed E-state index contributed by atoms with van der Waals surface area (Å²) in [4.78, 5) is 23.0. The Labute approximate surface area is 139 Å². The number of amides is 2. The van der Waals surface area contributed by atoms with E-state index >= 15 is 0 Å². The molecule has 130 valence electrons. The molecule has 0 radical (unpaired) electrons. The molecule has 1 unspecified atom stereocenters. The summed E-state index contributed by atoms with van der Waals surface area (Å²) >= 11 is 0. The van der Waals surface area contributed by atoms with Gasteiger partial charge in [0.05, 0.1) is 0 Å². The number of furan rings is 1. The molecule has 2 amide bonds. The van der Waals surface area contributed by atoms with Gasteiger partial charge < -0.3 is 20.2 Å². The standard InChI is InChI=1S/C17H21FN2O4/c1-9(20-16(22)24-17(2,3)4)5-10-6-12(18)7-11-8-13(15(19)21)23-14(10)11/h6-9H,5H2,1-4H3,(H2,19,21)(H,20,22). The van der Waals surface area contributed by atoms with Gasteiger partial charge in [-0.2, -0.15) is 0 Å². The molecule has 1 heterocycles. The summed E-state index contributed by atoms with van der Waals surface area (Å²) in [6, 6.07) is 3.65. The van der Waals surface area contributed by atoms with E-state index in [1.807, 2.05) is 0 Å². The van der Waals surface area contributed by atoms with Crippen molar-refractivity contribution in [2.45, 2.75) is 45.8 Å². The Hall–Kier alpha value is -2.57. The van der Waals surface area contributed by atoms with Gasteiger partial charge in [-0.3, -0.25) is 4.79 Å². The van der Waals surface area contributed by atoms with Gasteiger partial charge in [-0.25, -0.2) is 9.18 Å². The van der Waals surface area contributed by atoms with Crippen LogP contribution in [0.5, 0.6) is 0 Å². The van der Waals surface area contributed by atoms with Crippen LogP contribution in [0.25, 0.3) is 11.0 Å². The quantitative estimate of drug-likeness (QED) is 0.897. The maximum absolute atomic E-state index is 13.8. The van der Waals surface area contributed by atoms with Gasteiger partial charge in [0.15, 0.2) is 5.76 Å². The first-order valence-corrected chi connectivity index (χ1v) is 7.56. The number of ether oxygens (including phenoxy) is 1. The van der Waals surface area contributed by atoms with E-state index in [4.69, 9.17) is 14.9 Å². The number of carbonyl (C=O) groups excluding carboxylic acids is 2. The minimum absolute atomic E-state index is 0.0374. The maximum atomic E-state index is 13.8. The highest BCUT2D eigenvalue weighted by molar-refractivity contribution is 5.95. The molecular formula is C17H21FN2O4. The predicted octanol–water partition coefficient (Wildman–Crippen LogP) is 3.13. The number of primary amides is 1. The first-order chi connectivity index (χ1) is 11.0. The summed E-state index contributed by atoms with van der Waals surface area (Å²) in [6.07, 6.45) is -0.251. The van der Waals surface area contributed by atoms with E-state index in [0.717, 1.165) is 0 Å². The van der Waals surface area contributed by atoms with E-state index in [0.29, 0.717) is 23.0 Å². The lowest BCUT2D eigenvalue weighted by molar-refractivity contribution is 0.0508. The van der Waals surface area contributed by atoms with Crippen molar-refractivity contribution in [2.24, 2.45) is 5.73 Å². The van der Waals surface area contributed by atoms with Crippen molar-refractivity contribution in [3.63, 3.8) is 0 Å². The molecule has 6 nitrogen and oxygen atoms in total. The number of hydrogen-bond donors (Lipinski definition) is 2. The minimum Gasteiger partial charge on any atom is -0.451 e. The highest BCUT2D eigenvalue weighted by atomic mass is 19.1. The van der Waals surface area contributed by atoms with Crippen molar-refractivity contribution in [2.75, 3.05) is 0 Å². The molecular weight excluding hydrogens is 315 g/mol. The molecule has 2 rings (SSSR count). The normalized spacial score (nSPS) is 12.9. The molecule has 1 atom stereocenters. The van der Waals surface area contributed by atoms with Crippen molar-refractivity contribution in [1.29, 1.82) is 0 Å². The largest absolute Gasteiger partial charge is 0.451 e. The maximum Gasteiger partial charge on any atom is 0.407 e. The number of fused-ring (bicyclic) bond motifs is 1. The van der Waals surface area contributed by atoms with Crippen molar-refractivity contribution in [3.8, 4) is 0 Å². The fourth-order valence-corrected chi connectivity index (χ4v) is 2.35. The summed E-state index contributed by atoms with van der Waals surface area (Å²) in [5, 5.41) is 3.13. The van der Waals surface area contributed by atoms with Gasteiger partial charge in [-0.1, -0.05) is 0 Å². The first kappa shape index (κ1) is 17.8. The van der Waals surface area contributed by atoms with Gasteiger partial charge in [0.2, 0.25) is 0 Å². The van der Waals surface area contributed by atoms with E-state index in [9.17, 15) is 14.0 Å². The Bertz CT molecular complexity index is 777. The molecule has 0 bridgehead atoms. The van der Waals surface area contributed by atoms with Crippen LogP contribution in [0.3, 0.4) is 0 Å². The van der Waals surface area contributed by atoms with E-state index in [2.05, 4.69) is 5.32 Å². The molecule has 3 N–H and O–H groups in total. The Morgan fingerprint density at radius 2 is 2.00 bits per heavy atom. The number of nitrogens with two attached hydrogens (primary N) is 1. The van der Waals surface area contributed by atoms with Crippen molar-refractivity contribution < 1.29 is 23.1 Å². The Kier molecular flexibility index (Phi) is 4.82. The number of rotatable bonds is 4. The lowest BCUT2D eigenvalue weighted by Gasteiger charge is -2.22. The van der Waals surface area contributed by atoms with Crippen LogP contribution in [-0.4, -0.2) is 23.6 Å². The van der Waals surface area contributed by atoms with E-state index in [1.165, 1.54) is 18.2 Å². The van der Waals surface area contributed by atoms with E-state index in [-0.39, 0.29) is 11.8 Å². The molecule has 0 fully saturated rings. The van der Waals surface area contributed by atoms with Crippen molar-refractivity contribution >= 4 is 23.0 Å². The molecule has 0 aliphatic rings. The molecule has 1 aromatic carbocycles. The molecule has 7 heteroatoms. The van der Waals surface area contributed by atoms with Gasteiger partial charge >= 0.3 is 6.09 Å². The lowest BCUT2D eigenvalue weighted by Crippen LogP contribution is -2.38. The van der Waals surface area contributed by atoms with Gasteiger partial charge in [0, 0.05) is 17.0 Å². The van der Waals surface area contributed by atoms with Crippen LogP contribution in [0.4, 0.5) is 9.18 Å². The average molecular weight is 336 g/mol. The third-order valence-electron chi connectivity index (χ3n) is 3.19. The second-order valence-corrected chi connectivity index (χ2v) is 6.71. The van der Waals surface area contributed by atoms with Crippen LogP contribution in [0.1, 0.15) is 43.8 Å². The van der Waals surface area contributed by atoms with Crippen LogP contribution < -0.4 is 11.1 Å². The average Bonchev–Trinajstić information content (AvgIpc) is 2.79. The minimum atomic E-state index is -0.725. The number of nitrogens with one attached hydrogen (secondary N) is 1. The highest BCUT2D eigenvalue weighted by Gasteiger charge is 2.20. The second-order valence-electron chi connectivity index (χ2n) is 6.71. The zero-order valence-corrected chi connectivity index (χ0v) is 14.1. The summed E-state index contributed by atoms with van der Waals surface area (Å²) in [7, 11) is 0. The van der Waals surface area contributed by atoms with Crippen LogP contribution >= 0.6 is 0 Å². The monoisotopic (exact) mass is 336 g/mol. The van der Waals surface area contributed by atoms with Gasteiger partial charge in [-0.05, 0) is 52.3 Å². The molecule has 0 saturated heterocycles. The Morgan fingerprint density at radius 3 is 2.58 bits per heavy atom. The molecule has 0 aliphatic carbocycles. The Morgan fingerprint density at radius 1 is 1.33 bits per heavy atom. The van der Waals surface area contributed by atoms with Gasteiger partial charge in [0.25, 0.3) is 5.91 Å². The number of halogens is 1. The molecule has 2 aromatic rings. The van der Waals surface area contributed by atoms with Gasteiger partial charge in [-0.15, -0.1) is 0 Å². The number of benzene rings is 1. The number of alkyl carbamates (subject to hydrolysis) is 1. The Balaban J connectivity index is 2.19. The van der Waals surface area contributed by atoms with Crippen LogP contribution in [0.15, 0.2) is 22.6 Å². The molecule has 0 aliphatic heterocycles. The fourth-order valence-electron chi connectivity index (χ4n) is 2.35. The molecule has 1 aromatic heterocycles. The summed E-state index contributed by atoms with van der Waals surface area (Å²) in [5.41, 5.74) is 5.49. The zero-order valence-electron chi connectivity index (χ0n) is 14.1. The van der Waals surface area contributed by atoms with Crippen LogP contribution in [0, 0.1) is 5.82 Å². The van der Waals surface area contributed by atoms with E-state index in [1.54, 1.807) is 27.7 Å². The molecule has 0 spiro atoms. The van der Waals surface area contributed by atoms with Crippen molar-refractivity contribution in [1.82, 2.24) is 5.32 Å². The summed E-state index contributed by atoms with van der Waals surface area (Å²) < 4.78 is 24.4. The lowest BCUT2D eigenvalue weighted by atomic mass is 10.0. The fraction of sp³-hybridized carbons (Fsp3) is 0.412. The van der Waals surface area contributed by atoms with Crippen molar-refractivity contribution in [3.05, 3.63) is 35.3 Å². The zero-order chi connectivity index (χ0) is 18.1. The first-order valence-electron chi connectivity index (χ1n) is 7.56. The topological polar surface area (TPSA) is 94.6 Å². The van der Waals surface area contributed by atoms with Crippen LogP contribution in [-0.2, 0) is 11.2 Å². The smallest absolute Gasteiger partial charge is 0.407 e.